The summed E-state index contributed by atoms with van der Waals surface area (Å²) < 4.78 is 5.40. The number of ketones is 1. The van der Waals surface area contributed by atoms with Gasteiger partial charge in [0.25, 0.3) is 5.91 Å². The van der Waals surface area contributed by atoms with Crippen molar-refractivity contribution in [2.45, 2.75) is 39.2 Å². The van der Waals surface area contributed by atoms with E-state index in [4.69, 9.17) is 10.5 Å². The highest BCUT2D eigenvalue weighted by atomic mass is 35.5. The predicted molar refractivity (Wildman–Crippen MR) is 89.7 cm³/mol. The SMILES string of the molecule is CCCCC(CN)NC(=O)COc1cccc(C(C)=O)c1.Cl. The standard InChI is InChI=1S/C16H24N2O3.ClH/c1-3-4-7-14(10-17)18-16(20)11-21-15-8-5-6-13(9-15)12(2)19;/h5-6,8-9,14H,3-4,7,10-11,17H2,1-2H3,(H,18,20);1H. The molecule has 0 heterocycles. The first-order valence-electron chi connectivity index (χ1n) is 7.30. The van der Waals surface area contributed by atoms with Crippen LogP contribution in [-0.2, 0) is 4.79 Å². The summed E-state index contributed by atoms with van der Waals surface area (Å²) in [6.45, 7) is 3.93. The van der Waals surface area contributed by atoms with Crippen LogP contribution < -0.4 is 15.8 Å². The predicted octanol–water partition coefficient (Wildman–Crippen LogP) is 2.32. The van der Waals surface area contributed by atoms with Gasteiger partial charge in [-0.15, -0.1) is 12.4 Å². The Kier molecular flexibility index (Phi) is 10.2. The summed E-state index contributed by atoms with van der Waals surface area (Å²) in [5.41, 5.74) is 6.19. The van der Waals surface area contributed by atoms with Crippen LogP contribution in [0.15, 0.2) is 24.3 Å². The molecule has 0 bridgehead atoms. The monoisotopic (exact) mass is 328 g/mol. The average molecular weight is 329 g/mol. The van der Waals surface area contributed by atoms with Crippen LogP contribution in [0.3, 0.4) is 0 Å². The van der Waals surface area contributed by atoms with E-state index in [2.05, 4.69) is 12.2 Å². The lowest BCUT2D eigenvalue weighted by Gasteiger charge is -2.16. The Morgan fingerprint density at radius 2 is 2.09 bits per heavy atom. The first-order chi connectivity index (χ1) is 10.1. The highest BCUT2D eigenvalue weighted by molar-refractivity contribution is 5.94. The van der Waals surface area contributed by atoms with Crippen LogP contribution in [0.2, 0.25) is 0 Å². The number of rotatable bonds is 9. The number of carbonyl (C=O) groups excluding carboxylic acids is 2. The van der Waals surface area contributed by atoms with Crippen molar-refractivity contribution < 1.29 is 14.3 Å². The number of ether oxygens (including phenoxy) is 1. The van der Waals surface area contributed by atoms with Crippen molar-refractivity contribution in [3.63, 3.8) is 0 Å². The summed E-state index contributed by atoms with van der Waals surface area (Å²) in [7, 11) is 0. The number of benzene rings is 1. The molecule has 0 fully saturated rings. The first-order valence-corrected chi connectivity index (χ1v) is 7.30. The topological polar surface area (TPSA) is 81.4 Å². The van der Waals surface area contributed by atoms with Crippen LogP contribution in [0, 0.1) is 0 Å². The van der Waals surface area contributed by atoms with E-state index in [9.17, 15) is 9.59 Å². The van der Waals surface area contributed by atoms with Crippen molar-refractivity contribution in [1.29, 1.82) is 0 Å². The van der Waals surface area contributed by atoms with Crippen LogP contribution in [0.5, 0.6) is 5.75 Å². The van der Waals surface area contributed by atoms with Crippen LogP contribution in [0.1, 0.15) is 43.5 Å². The maximum atomic E-state index is 11.8. The van der Waals surface area contributed by atoms with Crippen molar-refractivity contribution in [2.75, 3.05) is 13.2 Å². The number of carbonyl (C=O) groups is 2. The zero-order valence-corrected chi connectivity index (χ0v) is 13.9. The van der Waals surface area contributed by atoms with Gasteiger partial charge < -0.3 is 15.8 Å². The minimum atomic E-state index is -0.199. The van der Waals surface area contributed by atoms with Crippen molar-refractivity contribution in [2.24, 2.45) is 5.73 Å². The average Bonchev–Trinajstić information content (AvgIpc) is 2.49. The summed E-state index contributed by atoms with van der Waals surface area (Å²) in [5.74, 6) is 0.276. The highest BCUT2D eigenvalue weighted by Crippen LogP contribution is 2.13. The van der Waals surface area contributed by atoms with Gasteiger partial charge in [-0.2, -0.15) is 0 Å². The molecule has 1 unspecified atom stereocenters. The summed E-state index contributed by atoms with van der Waals surface area (Å²) in [4.78, 5) is 23.1. The zero-order valence-electron chi connectivity index (χ0n) is 13.1. The molecular formula is C16H25ClN2O3. The fraction of sp³-hybridized carbons (Fsp3) is 0.500. The number of nitrogens with two attached hydrogens (primary N) is 1. The lowest BCUT2D eigenvalue weighted by molar-refractivity contribution is -0.123. The third kappa shape index (κ3) is 7.43. The van der Waals surface area contributed by atoms with Crippen LogP contribution >= 0.6 is 12.4 Å². The lowest BCUT2D eigenvalue weighted by Crippen LogP contribution is -2.42. The second-order valence-electron chi connectivity index (χ2n) is 5.02. The molecule has 1 atom stereocenters. The van der Waals surface area contributed by atoms with Gasteiger partial charge >= 0.3 is 0 Å². The quantitative estimate of drug-likeness (QED) is 0.682. The van der Waals surface area contributed by atoms with Crippen molar-refractivity contribution in [3.8, 4) is 5.75 Å². The van der Waals surface area contributed by atoms with Crippen molar-refractivity contribution in [1.82, 2.24) is 5.32 Å². The number of hydrogen-bond donors (Lipinski definition) is 2. The molecule has 0 aliphatic carbocycles. The largest absolute Gasteiger partial charge is 0.484 e. The molecule has 22 heavy (non-hydrogen) atoms. The normalized spacial score (nSPS) is 11.2. The molecule has 1 rings (SSSR count). The minimum absolute atomic E-state index is 0. The molecule has 0 radical (unpaired) electrons. The molecule has 6 heteroatoms. The molecular weight excluding hydrogens is 304 g/mol. The third-order valence-corrected chi connectivity index (χ3v) is 3.17. The van der Waals surface area contributed by atoms with Crippen LogP contribution in [0.4, 0.5) is 0 Å². The van der Waals surface area contributed by atoms with Crippen LogP contribution in [0.25, 0.3) is 0 Å². The second kappa shape index (κ2) is 11.0. The Morgan fingerprint density at radius 3 is 2.68 bits per heavy atom. The molecule has 0 saturated heterocycles. The Bertz CT molecular complexity index is 480. The molecule has 0 aromatic heterocycles. The third-order valence-electron chi connectivity index (χ3n) is 3.17. The second-order valence-corrected chi connectivity index (χ2v) is 5.02. The van der Waals surface area contributed by atoms with Gasteiger partial charge in [0, 0.05) is 18.2 Å². The Hall–Kier alpha value is -1.59. The molecule has 1 aromatic carbocycles. The molecule has 0 saturated carbocycles. The van der Waals surface area contributed by atoms with Gasteiger partial charge in [-0.1, -0.05) is 31.9 Å². The maximum Gasteiger partial charge on any atom is 0.258 e. The summed E-state index contributed by atoms with van der Waals surface area (Å²) in [6, 6.07) is 6.78. The fourth-order valence-electron chi connectivity index (χ4n) is 1.92. The van der Waals surface area contributed by atoms with Gasteiger partial charge in [-0.05, 0) is 25.5 Å². The van der Waals surface area contributed by atoms with E-state index >= 15 is 0 Å². The number of hydrogen-bond acceptors (Lipinski definition) is 4. The van der Waals surface area contributed by atoms with E-state index in [1.807, 2.05) is 0 Å². The van der Waals surface area contributed by atoms with Gasteiger partial charge in [-0.3, -0.25) is 9.59 Å². The molecule has 0 spiro atoms. The minimum Gasteiger partial charge on any atom is -0.484 e. The molecule has 124 valence electrons. The number of Topliss-reactive ketones (excluding diaryl/α,β-unsaturated/α-hetero) is 1. The Balaban J connectivity index is 0.00000441. The summed E-state index contributed by atoms with van der Waals surface area (Å²) in [5, 5.41) is 2.85. The Morgan fingerprint density at radius 1 is 1.36 bits per heavy atom. The zero-order chi connectivity index (χ0) is 15.7. The molecule has 1 amide bonds. The van der Waals surface area contributed by atoms with E-state index in [1.165, 1.54) is 6.92 Å². The van der Waals surface area contributed by atoms with Crippen molar-refractivity contribution in [3.05, 3.63) is 29.8 Å². The van der Waals surface area contributed by atoms with Gasteiger partial charge in [0.1, 0.15) is 5.75 Å². The lowest BCUT2D eigenvalue weighted by atomic mass is 10.1. The molecule has 5 nitrogen and oxygen atoms in total. The van der Waals surface area contributed by atoms with E-state index in [0.717, 1.165) is 19.3 Å². The maximum absolute atomic E-state index is 11.8. The van der Waals surface area contributed by atoms with Crippen LogP contribution in [-0.4, -0.2) is 30.9 Å². The van der Waals surface area contributed by atoms with Crippen molar-refractivity contribution >= 4 is 24.1 Å². The smallest absolute Gasteiger partial charge is 0.258 e. The van der Waals surface area contributed by atoms with Gasteiger partial charge in [0.05, 0.1) is 0 Å². The number of halogens is 1. The summed E-state index contributed by atoms with van der Waals surface area (Å²) >= 11 is 0. The molecule has 1 aromatic rings. The molecule has 0 aliphatic rings. The number of amides is 1. The number of nitrogens with one attached hydrogen (secondary N) is 1. The van der Waals surface area contributed by atoms with Gasteiger partial charge in [-0.25, -0.2) is 0 Å². The van der Waals surface area contributed by atoms with Gasteiger partial charge in [0.15, 0.2) is 12.4 Å². The Labute approximate surface area is 138 Å². The van der Waals surface area contributed by atoms with E-state index in [0.29, 0.717) is 17.9 Å². The highest BCUT2D eigenvalue weighted by Gasteiger charge is 2.11. The summed E-state index contributed by atoms with van der Waals surface area (Å²) in [6.07, 6.45) is 2.98. The van der Waals surface area contributed by atoms with E-state index in [-0.39, 0.29) is 36.7 Å². The molecule has 0 aliphatic heterocycles. The number of unbranched alkanes of at least 4 members (excludes halogenated alkanes) is 1. The van der Waals surface area contributed by atoms with Gasteiger partial charge in [0.2, 0.25) is 0 Å². The van der Waals surface area contributed by atoms with E-state index in [1.54, 1.807) is 24.3 Å². The van der Waals surface area contributed by atoms with E-state index < -0.39 is 0 Å². The molecule has 3 N–H and O–H groups in total. The first kappa shape index (κ1) is 20.4. The fourth-order valence-corrected chi connectivity index (χ4v) is 1.92.